The van der Waals surface area contributed by atoms with Crippen LogP contribution in [0.1, 0.15) is 50.6 Å². The number of allylic oxidation sites excluding steroid dienone is 1. The predicted octanol–water partition coefficient (Wildman–Crippen LogP) is 4.09. The molecule has 1 fully saturated rings. The fourth-order valence-electron chi connectivity index (χ4n) is 3.53. The van der Waals surface area contributed by atoms with E-state index in [9.17, 15) is 9.59 Å². The second-order valence-corrected chi connectivity index (χ2v) is 7.16. The molecule has 1 heterocycles. The first-order valence-electron chi connectivity index (χ1n) is 8.75. The molecule has 0 unspecified atom stereocenters. The van der Waals surface area contributed by atoms with Crippen LogP contribution in [0.25, 0.3) is 0 Å². The molecule has 0 spiro atoms. The van der Waals surface area contributed by atoms with Gasteiger partial charge in [-0.1, -0.05) is 43.0 Å². The Morgan fingerprint density at radius 3 is 2.76 bits per heavy atom. The molecule has 3 rings (SSSR count). The number of carbonyl (C=O) groups is 2. The van der Waals surface area contributed by atoms with Gasteiger partial charge in [-0.2, -0.15) is 0 Å². The van der Waals surface area contributed by atoms with Crippen molar-refractivity contribution in [3.8, 4) is 0 Å². The summed E-state index contributed by atoms with van der Waals surface area (Å²) in [4.78, 5) is 24.6. The second-order valence-electron chi connectivity index (χ2n) is 6.73. The van der Waals surface area contributed by atoms with Crippen LogP contribution in [-0.2, 0) is 9.53 Å². The fraction of sp³-hybridized carbons (Fsp3) is 0.474. The third-order valence-electron chi connectivity index (χ3n) is 4.85. The number of halogens is 1. The Hall–Kier alpha value is -2.01. The molecule has 1 atom stereocenters. The zero-order chi connectivity index (χ0) is 17.8. The first-order chi connectivity index (χ1) is 12.0. The van der Waals surface area contributed by atoms with Crippen molar-refractivity contribution in [3.05, 3.63) is 46.1 Å². The van der Waals surface area contributed by atoms with E-state index in [-0.39, 0.29) is 12.0 Å². The van der Waals surface area contributed by atoms with Crippen molar-refractivity contribution in [1.82, 2.24) is 10.6 Å². The summed E-state index contributed by atoms with van der Waals surface area (Å²) in [5.74, 6) is 0.0508. The molecule has 25 heavy (non-hydrogen) atoms. The zero-order valence-corrected chi connectivity index (χ0v) is 15.1. The van der Waals surface area contributed by atoms with E-state index in [4.69, 9.17) is 16.3 Å². The number of rotatable bonds is 4. The highest BCUT2D eigenvalue weighted by Gasteiger charge is 2.32. The first kappa shape index (κ1) is 17.8. The minimum Gasteiger partial charge on any atom is -0.462 e. The Morgan fingerprint density at radius 2 is 2.04 bits per heavy atom. The van der Waals surface area contributed by atoms with Gasteiger partial charge >= 0.3 is 12.0 Å². The predicted molar refractivity (Wildman–Crippen MR) is 96.1 cm³/mol. The molecule has 0 saturated heterocycles. The van der Waals surface area contributed by atoms with Crippen LogP contribution in [0.5, 0.6) is 0 Å². The highest BCUT2D eigenvalue weighted by Crippen LogP contribution is 2.30. The van der Waals surface area contributed by atoms with Crippen molar-refractivity contribution in [1.29, 1.82) is 0 Å². The van der Waals surface area contributed by atoms with Gasteiger partial charge in [-0.25, -0.2) is 9.59 Å². The molecule has 0 radical (unpaired) electrons. The minimum atomic E-state index is -0.564. The normalized spacial score (nSPS) is 21.5. The number of benzene rings is 1. The molecule has 1 aromatic carbocycles. The van der Waals surface area contributed by atoms with Crippen LogP contribution >= 0.6 is 11.6 Å². The van der Waals surface area contributed by atoms with Crippen LogP contribution in [0.4, 0.5) is 4.79 Å². The van der Waals surface area contributed by atoms with Gasteiger partial charge in [0.1, 0.15) is 0 Å². The number of carbonyl (C=O) groups excluding carboxylic acids is 2. The molecule has 2 amide bonds. The average Bonchev–Trinajstić information content (AvgIpc) is 2.60. The molecule has 0 aromatic heterocycles. The van der Waals surface area contributed by atoms with Gasteiger partial charge in [0.15, 0.2) is 0 Å². The lowest BCUT2D eigenvalue weighted by Gasteiger charge is -2.29. The average molecular weight is 363 g/mol. The van der Waals surface area contributed by atoms with E-state index in [1.165, 1.54) is 19.3 Å². The summed E-state index contributed by atoms with van der Waals surface area (Å²) >= 11 is 6.07. The van der Waals surface area contributed by atoms with E-state index in [1.807, 2.05) is 6.07 Å². The van der Waals surface area contributed by atoms with E-state index in [0.29, 0.717) is 28.8 Å². The van der Waals surface area contributed by atoms with Gasteiger partial charge in [0.25, 0.3) is 0 Å². The zero-order valence-electron chi connectivity index (χ0n) is 14.3. The molecule has 1 aliphatic carbocycles. The maximum Gasteiger partial charge on any atom is 0.338 e. The van der Waals surface area contributed by atoms with Crippen LogP contribution < -0.4 is 10.6 Å². The number of esters is 1. The standard InChI is InChI=1S/C19H23ClN2O3/c1-12-16(18(23)25-11-13-6-3-2-4-7-13)17(22-19(24)21-12)14-8-5-9-15(20)10-14/h5,8-10,13,17H,2-4,6-7,11H2,1H3,(H2,21,22,24)/t17-/m1/s1. The molecule has 0 bridgehead atoms. The van der Waals surface area contributed by atoms with Gasteiger partial charge in [-0.15, -0.1) is 0 Å². The summed E-state index contributed by atoms with van der Waals surface area (Å²) < 4.78 is 5.59. The third kappa shape index (κ3) is 4.34. The smallest absolute Gasteiger partial charge is 0.338 e. The molecule has 2 aliphatic rings. The summed E-state index contributed by atoms with van der Waals surface area (Å²) in [6, 6.07) is 6.24. The maximum atomic E-state index is 12.7. The van der Waals surface area contributed by atoms with E-state index < -0.39 is 6.04 Å². The number of nitrogens with one attached hydrogen (secondary N) is 2. The van der Waals surface area contributed by atoms with Crippen molar-refractivity contribution in [2.75, 3.05) is 6.61 Å². The summed E-state index contributed by atoms with van der Waals surface area (Å²) in [7, 11) is 0. The molecule has 5 nitrogen and oxygen atoms in total. The van der Waals surface area contributed by atoms with Crippen LogP contribution in [-0.4, -0.2) is 18.6 Å². The van der Waals surface area contributed by atoms with E-state index in [0.717, 1.165) is 18.4 Å². The van der Waals surface area contributed by atoms with Gasteiger partial charge in [-0.3, -0.25) is 0 Å². The van der Waals surface area contributed by atoms with Crippen LogP contribution in [0.15, 0.2) is 35.5 Å². The molecule has 1 aromatic rings. The van der Waals surface area contributed by atoms with Crippen molar-refractivity contribution in [2.45, 2.75) is 45.1 Å². The van der Waals surface area contributed by atoms with Crippen LogP contribution in [0, 0.1) is 5.92 Å². The molecular formula is C19H23ClN2O3. The highest BCUT2D eigenvalue weighted by molar-refractivity contribution is 6.30. The third-order valence-corrected chi connectivity index (χ3v) is 5.08. The van der Waals surface area contributed by atoms with Gasteiger partial charge in [0, 0.05) is 10.7 Å². The lowest BCUT2D eigenvalue weighted by molar-refractivity contribution is -0.141. The topological polar surface area (TPSA) is 67.4 Å². The SMILES string of the molecule is CC1=C(C(=O)OCC2CCCCC2)[C@@H](c2cccc(Cl)c2)NC(=O)N1. The molecule has 6 heteroatoms. The summed E-state index contributed by atoms with van der Waals surface area (Å²) in [5.41, 5.74) is 1.70. The van der Waals surface area contributed by atoms with Crippen molar-refractivity contribution < 1.29 is 14.3 Å². The Balaban J connectivity index is 1.78. The Morgan fingerprint density at radius 1 is 1.28 bits per heavy atom. The Bertz CT molecular complexity index is 696. The maximum absolute atomic E-state index is 12.7. The van der Waals surface area contributed by atoms with E-state index >= 15 is 0 Å². The number of amides is 2. The Labute approximate surface area is 152 Å². The lowest BCUT2D eigenvalue weighted by atomic mass is 9.90. The van der Waals surface area contributed by atoms with Gasteiger partial charge in [-0.05, 0) is 43.4 Å². The monoisotopic (exact) mass is 362 g/mol. The molecule has 2 N–H and O–H groups in total. The fourth-order valence-corrected chi connectivity index (χ4v) is 3.72. The lowest BCUT2D eigenvalue weighted by Crippen LogP contribution is -2.45. The number of hydrogen-bond donors (Lipinski definition) is 2. The van der Waals surface area contributed by atoms with Gasteiger partial charge in [0.05, 0.1) is 18.2 Å². The van der Waals surface area contributed by atoms with E-state index in [1.54, 1.807) is 25.1 Å². The minimum absolute atomic E-state index is 0.341. The molecule has 1 saturated carbocycles. The molecular weight excluding hydrogens is 340 g/mol. The van der Waals surface area contributed by atoms with Crippen molar-refractivity contribution in [2.24, 2.45) is 5.92 Å². The Kier molecular flexibility index (Phi) is 5.63. The summed E-state index contributed by atoms with van der Waals surface area (Å²) in [6.07, 6.45) is 5.89. The highest BCUT2D eigenvalue weighted by atomic mass is 35.5. The second kappa shape index (κ2) is 7.91. The molecule has 134 valence electrons. The first-order valence-corrected chi connectivity index (χ1v) is 9.13. The summed E-state index contributed by atoms with van der Waals surface area (Å²) in [6.45, 7) is 2.15. The van der Waals surface area contributed by atoms with Crippen LogP contribution in [0.2, 0.25) is 5.02 Å². The molecule has 1 aliphatic heterocycles. The quantitative estimate of drug-likeness (QED) is 0.792. The number of hydrogen-bond acceptors (Lipinski definition) is 3. The number of urea groups is 1. The van der Waals surface area contributed by atoms with Gasteiger partial charge < -0.3 is 15.4 Å². The van der Waals surface area contributed by atoms with Crippen molar-refractivity contribution >= 4 is 23.6 Å². The van der Waals surface area contributed by atoms with E-state index in [2.05, 4.69) is 10.6 Å². The van der Waals surface area contributed by atoms with Crippen molar-refractivity contribution in [3.63, 3.8) is 0 Å². The van der Waals surface area contributed by atoms with Crippen LogP contribution in [0.3, 0.4) is 0 Å². The van der Waals surface area contributed by atoms with Gasteiger partial charge in [0.2, 0.25) is 0 Å². The largest absolute Gasteiger partial charge is 0.462 e. The summed E-state index contributed by atoms with van der Waals surface area (Å²) in [5, 5.41) is 6.00. The number of ether oxygens (including phenoxy) is 1.